The molecular formula is C18H16BrNO5S. The first-order chi connectivity index (χ1) is 12.5. The average molecular weight is 438 g/mol. The average Bonchev–Trinajstić information content (AvgIpc) is 3.13. The van der Waals surface area contributed by atoms with E-state index in [1.54, 1.807) is 42.5 Å². The van der Waals surface area contributed by atoms with Gasteiger partial charge in [-0.15, -0.1) is 11.8 Å². The lowest BCUT2D eigenvalue weighted by Gasteiger charge is -2.15. The number of thioether (sulfide) groups is 1. The van der Waals surface area contributed by atoms with Gasteiger partial charge in [-0.1, -0.05) is 22.0 Å². The Balaban J connectivity index is 1.76. The number of hydrogen-bond donors (Lipinski definition) is 2. The first kappa shape index (κ1) is 18.8. The van der Waals surface area contributed by atoms with Crippen LogP contribution in [0.3, 0.4) is 0 Å². The molecular weight excluding hydrogens is 422 g/mol. The summed E-state index contributed by atoms with van der Waals surface area (Å²) in [5.41, 5.74) is 1.29. The maximum Gasteiger partial charge on any atom is 0.343 e. The minimum absolute atomic E-state index is 0.152. The number of ether oxygens (including phenoxy) is 2. The lowest BCUT2D eigenvalue weighted by molar-refractivity contribution is -0.138. The van der Waals surface area contributed by atoms with E-state index in [1.165, 1.54) is 18.9 Å². The number of carbonyl (C=O) groups is 2. The van der Waals surface area contributed by atoms with Gasteiger partial charge in [-0.3, -0.25) is 10.1 Å². The number of carbonyl (C=O) groups excluding carboxylic acids is 1. The fourth-order valence-corrected chi connectivity index (χ4v) is 3.97. The number of benzene rings is 2. The van der Waals surface area contributed by atoms with Crippen LogP contribution in [-0.4, -0.2) is 35.9 Å². The second-order valence-electron chi connectivity index (χ2n) is 5.58. The quantitative estimate of drug-likeness (QED) is 0.546. The zero-order valence-corrected chi connectivity index (χ0v) is 16.2. The normalized spacial score (nSPS) is 19.2. The molecule has 2 aromatic rings. The molecule has 2 aromatic carbocycles. The highest BCUT2D eigenvalue weighted by Gasteiger charge is 2.30. The summed E-state index contributed by atoms with van der Waals surface area (Å²) in [6.07, 6.45) is 0. The van der Waals surface area contributed by atoms with Gasteiger partial charge in [0.1, 0.15) is 6.04 Å². The Labute approximate surface area is 163 Å². The molecule has 2 atom stereocenters. The molecule has 0 spiro atoms. The van der Waals surface area contributed by atoms with Gasteiger partial charge in [0.15, 0.2) is 11.5 Å². The van der Waals surface area contributed by atoms with Crippen molar-refractivity contribution in [1.82, 2.24) is 5.32 Å². The molecule has 6 nitrogen and oxygen atoms in total. The van der Waals surface area contributed by atoms with E-state index in [-0.39, 0.29) is 5.37 Å². The maximum atomic E-state index is 12.3. The molecule has 1 fully saturated rings. The van der Waals surface area contributed by atoms with Crippen LogP contribution in [0.5, 0.6) is 11.5 Å². The Morgan fingerprint density at radius 3 is 2.54 bits per heavy atom. The van der Waals surface area contributed by atoms with E-state index in [0.717, 1.165) is 10.0 Å². The number of methoxy groups -OCH3 is 1. The Morgan fingerprint density at radius 2 is 1.92 bits per heavy atom. The van der Waals surface area contributed by atoms with Crippen molar-refractivity contribution in [2.45, 2.75) is 11.4 Å². The number of rotatable bonds is 5. The predicted octanol–water partition coefficient (Wildman–Crippen LogP) is 3.47. The van der Waals surface area contributed by atoms with Crippen LogP contribution in [0.25, 0.3) is 0 Å². The molecule has 3 rings (SSSR count). The van der Waals surface area contributed by atoms with Crippen LogP contribution in [-0.2, 0) is 4.79 Å². The van der Waals surface area contributed by atoms with E-state index in [2.05, 4.69) is 21.2 Å². The lowest BCUT2D eigenvalue weighted by atomic mass is 10.2. The zero-order valence-electron chi connectivity index (χ0n) is 13.8. The molecule has 2 N–H and O–H groups in total. The van der Waals surface area contributed by atoms with Crippen LogP contribution >= 0.6 is 27.7 Å². The Bertz CT molecular complexity index is 827. The van der Waals surface area contributed by atoms with Gasteiger partial charge >= 0.3 is 11.9 Å². The molecule has 1 aliphatic rings. The van der Waals surface area contributed by atoms with Gasteiger partial charge in [-0.05, 0) is 42.0 Å². The third-order valence-corrected chi connectivity index (χ3v) is 5.65. The summed E-state index contributed by atoms with van der Waals surface area (Å²) in [7, 11) is 1.49. The first-order valence-corrected chi connectivity index (χ1v) is 9.58. The van der Waals surface area contributed by atoms with Crippen LogP contribution in [0.4, 0.5) is 0 Å². The van der Waals surface area contributed by atoms with E-state index in [9.17, 15) is 9.59 Å². The monoisotopic (exact) mass is 437 g/mol. The van der Waals surface area contributed by atoms with Gasteiger partial charge in [-0.25, -0.2) is 4.79 Å². The minimum Gasteiger partial charge on any atom is -0.493 e. The summed E-state index contributed by atoms with van der Waals surface area (Å²) in [4.78, 5) is 23.3. The van der Waals surface area contributed by atoms with Crippen molar-refractivity contribution < 1.29 is 24.2 Å². The fraction of sp³-hybridized carbons (Fsp3) is 0.222. The summed E-state index contributed by atoms with van der Waals surface area (Å²) in [5, 5.41) is 12.0. The van der Waals surface area contributed by atoms with Crippen molar-refractivity contribution >= 4 is 39.6 Å². The van der Waals surface area contributed by atoms with E-state index < -0.39 is 18.0 Å². The van der Waals surface area contributed by atoms with Crippen LogP contribution in [0, 0.1) is 0 Å². The highest BCUT2D eigenvalue weighted by molar-refractivity contribution is 9.10. The molecule has 0 saturated carbocycles. The molecule has 136 valence electrons. The highest BCUT2D eigenvalue weighted by Crippen LogP contribution is 2.37. The molecule has 0 bridgehead atoms. The van der Waals surface area contributed by atoms with Gasteiger partial charge in [0.2, 0.25) is 0 Å². The third-order valence-electron chi connectivity index (χ3n) is 3.85. The van der Waals surface area contributed by atoms with Gasteiger partial charge in [0.05, 0.1) is 18.0 Å². The number of hydrogen-bond acceptors (Lipinski definition) is 6. The van der Waals surface area contributed by atoms with Crippen LogP contribution < -0.4 is 14.8 Å². The van der Waals surface area contributed by atoms with Crippen molar-refractivity contribution in [3.8, 4) is 11.5 Å². The molecule has 8 heteroatoms. The van der Waals surface area contributed by atoms with Gasteiger partial charge in [0, 0.05) is 10.2 Å². The second-order valence-corrected chi connectivity index (χ2v) is 7.63. The van der Waals surface area contributed by atoms with Crippen LogP contribution in [0.2, 0.25) is 0 Å². The Morgan fingerprint density at radius 1 is 1.19 bits per heavy atom. The summed E-state index contributed by atoms with van der Waals surface area (Å²) >= 11 is 4.83. The SMILES string of the molecule is COc1cc([C@@H]2N[C@H](C(=O)O)CS2)ccc1OC(=O)c1ccc(Br)cc1. The molecule has 0 aromatic heterocycles. The molecule has 0 radical (unpaired) electrons. The molecule has 0 aliphatic carbocycles. The summed E-state index contributed by atoms with van der Waals surface area (Å²) < 4.78 is 11.6. The Kier molecular flexibility index (Phi) is 5.85. The fourth-order valence-electron chi connectivity index (χ4n) is 2.48. The summed E-state index contributed by atoms with van der Waals surface area (Å²) in [6, 6.07) is 11.5. The number of aliphatic carboxylic acids is 1. The topological polar surface area (TPSA) is 84.9 Å². The number of halogens is 1. The van der Waals surface area contributed by atoms with Crippen LogP contribution in [0.1, 0.15) is 21.3 Å². The molecule has 1 aliphatic heterocycles. The number of carboxylic acids is 1. The van der Waals surface area contributed by atoms with Gasteiger partial charge in [0.25, 0.3) is 0 Å². The van der Waals surface area contributed by atoms with Crippen molar-refractivity contribution in [3.63, 3.8) is 0 Å². The highest BCUT2D eigenvalue weighted by atomic mass is 79.9. The maximum absolute atomic E-state index is 12.3. The number of esters is 1. The van der Waals surface area contributed by atoms with Gasteiger partial charge < -0.3 is 14.6 Å². The number of carboxylic acid groups (broad SMARTS) is 1. The van der Waals surface area contributed by atoms with Crippen molar-refractivity contribution in [1.29, 1.82) is 0 Å². The summed E-state index contributed by atoms with van der Waals surface area (Å²) in [5.74, 6) is -0.145. The van der Waals surface area contributed by atoms with Gasteiger partial charge in [-0.2, -0.15) is 0 Å². The molecule has 1 saturated heterocycles. The predicted molar refractivity (Wildman–Crippen MR) is 102 cm³/mol. The van der Waals surface area contributed by atoms with E-state index in [1.807, 2.05) is 0 Å². The standard InChI is InChI=1S/C18H16BrNO5S/c1-24-15-8-11(16-20-13(9-26-16)17(21)22)4-7-14(15)25-18(23)10-2-5-12(19)6-3-10/h2-8,13,16,20H,9H2,1H3,(H,21,22)/t13-,16+/m0/s1. The smallest absolute Gasteiger partial charge is 0.343 e. The molecule has 0 amide bonds. The Hall–Kier alpha value is -2.03. The third kappa shape index (κ3) is 4.20. The van der Waals surface area contributed by atoms with E-state index >= 15 is 0 Å². The van der Waals surface area contributed by atoms with Crippen molar-refractivity contribution in [3.05, 3.63) is 58.1 Å². The molecule has 26 heavy (non-hydrogen) atoms. The van der Waals surface area contributed by atoms with Crippen LogP contribution in [0.15, 0.2) is 46.9 Å². The van der Waals surface area contributed by atoms with Crippen molar-refractivity contribution in [2.75, 3.05) is 12.9 Å². The largest absolute Gasteiger partial charge is 0.493 e. The molecule has 1 heterocycles. The van der Waals surface area contributed by atoms with E-state index in [0.29, 0.717) is 22.8 Å². The minimum atomic E-state index is -0.869. The first-order valence-electron chi connectivity index (χ1n) is 7.74. The second kappa shape index (κ2) is 8.11. The molecule has 0 unspecified atom stereocenters. The summed E-state index contributed by atoms with van der Waals surface area (Å²) in [6.45, 7) is 0. The number of nitrogens with one attached hydrogen (secondary N) is 1. The zero-order chi connectivity index (χ0) is 18.7. The van der Waals surface area contributed by atoms with Crippen molar-refractivity contribution in [2.24, 2.45) is 0 Å². The van der Waals surface area contributed by atoms with E-state index in [4.69, 9.17) is 14.6 Å². The lowest BCUT2D eigenvalue weighted by Crippen LogP contribution is -2.33.